The highest BCUT2D eigenvalue weighted by molar-refractivity contribution is 5.38. The van der Waals surface area contributed by atoms with Crippen LogP contribution >= 0.6 is 0 Å². The Kier molecular flexibility index (Phi) is 3.97. The van der Waals surface area contributed by atoms with Crippen molar-refractivity contribution < 1.29 is 13.9 Å². The van der Waals surface area contributed by atoms with Gasteiger partial charge in [-0.1, -0.05) is 0 Å². The first kappa shape index (κ1) is 15.1. The Hall–Kier alpha value is -1.79. The van der Waals surface area contributed by atoms with Gasteiger partial charge in [-0.05, 0) is 32.4 Å². The fourth-order valence-electron chi connectivity index (χ4n) is 2.97. The second-order valence-corrected chi connectivity index (χ2v) is 5.83. The minimum atomic E-state index is -0.631. The molecule has 1 aliphatic rings. The summed E-state index contributed by atoms with van der Waals surface area (Å²) < 4.78 is 28.5. The standard InChI is InChI=1S/C16H19F2N3O/c1-10-14(9-20-6-5-13(22)8-20)11(2)21(19-10)16-4-3-12(17)7-15(16)18/h3-4,7,13,22H,5-6,8-9H2,1-2H3/t13-/m1/s1. The first-order valence-corrected chi connectivity index (χ1v) is 7.36. The molecule has 0 bridgehead atoms. The van der Waals surface area contributed by atoms with Crippen LogP contribution in [-0.4, -0.2) is 39.0 Å². The summed E-state index contributed by atoms with van der Waals surface area (Å²) in [6.45, 7) is 5.93. The summed E-state index contributed by atoms with van der Waals surface area (Å²) >= 11 is 0. The Morgan fingerprint density at radius 3 is 2.73 bits per heavy atom. The molecule has 22 heavy (non-hydrogen) atoms. The largest absolute Gasteiger partial charge is 0.392 e. The van der Waals surface area contributed by atoms with Crippen molar-refractivity contribution in [2.24, 2.45) is 0 Å². The van der Waals surface area contributed by atoms with E-state index in [-0.39, 0.29) is 11.8 Å². The van der Waals surface area contributed by atoms with E-state index in [1.165, 1.54) is 16.8 Å². The van der Waals surface area contributed by atoms with Gasteiger partial charge in [0.25, 0.3) is 0 Å². The molecule has 0 amide bonds. The molecule has 0 saturated carbocycles. The van der Waals surface area contributed by atoms with Gasteiger partial charge in [0.05, 0.1) is 11.8 Å². The molecule has 3 rings (SSSR count). The molecule has 2 heterocycles. The highest BCUT2D eigenvalue weighted by Crippen LogP contribution is 2.23. The van der Waals surface area contributed by atoms with E-state index in [1.807, 2.05) is 13.8 Å². The van der Waals surface area contributed by atoms with Gasteiger partial charge in [0.15, 0.2) is 5.82 Å². The smallest absolute Gasteiger partial charge is 0.151 e. The van der Waals surface area contributed by atoms with Crippen molar-refractivity contribution in [1.29, 1.82) is 0 Å². The molecule has 6 heteroatoms. The number of hydrogen-bond donors (Lipinski definition) is 1. The lowest BCUT2D eigenvalue weighted by molar-refractivity contribution is 0.174. The third kappa shape index (κ3) is 2.76. The number of rotatable bonds is 3. The lowest BCUT2D eigenvalue weighted by Crippen LogP contribution is -2.22. The molecule has 1 N–H and O–H groups in total. The van der Waals surface area contributed by atoms with Crippen molar-refractivity contribution >= 4 is 0 Å². The number of benzene rings is 1. The fraction of sp³-hybridized carbons (Fsp3) is 0.438. The molecule has 2 aromatic rings. The van der Waals surface area contributed by atoms with E-state index in [9.17, 15) is 13.9 Å². The molecule has 0 aliphatic carbocycles. The molecule has 1 fully saturated rings. The van der Waals surface area contributed by atoms with Gasteiger partial charge < -0.3 is 5.11 Å². The molecule has 0 unspecified atom stereocenters. The average molecular weight is 307 g/mol. The summed E-state index contributed by atoms with van der Waals surface area (Å²) in [5.74, 6) is -1.23. The summed E-state index contributed by atoms with van der Waals surface area (Å²) in [6, 6.07) is 3.49. The third-order valence-electron chi connectivity index (χ3n) is 4.21. The van der Waals surface area contributed by atoms with E-state index in [0.29, 0.717) is 13.1 Å². The van der Waals surface area contributed by atoms with Gasteiger partial charge in [-0.25, -0.2) is 13.5 Å². The zero-order valence-corrected chi connectivity index (χ0v) is 12.7. The first-order chi connectivity index (χ1) is 10.5. The Balaban J connectivity index is 1.92. The summed E-state index contributed by atoms with van der Waals surface area (Å²) in [5.41, 5.74) is 2.93. The molecule has 1 saturated heterocycles. The Morgan fingerprint density at radius 1 is 1.32 bits per heavy atom. The number of aromatic nitrogens is 2. The monoisotopic (exact) mass is 307 g/mol. The van der Waals surface area contributed by atoms with Gasteiger partial charge in [0.2, 0.25) is 0 Å². The Bertz CT molecular complexity index is 699. The zero-order valence-electron chi connectivity index (χ0n) is 12.7. The van der Waals surface area contributed by atoms with E-state index in [2.05, 4.69) is 10.00 Å². The van der Waals surface area contributed by atoms with E-state index >= 15 is 0 Å². The van der Waals surface area contributed by atoms with Gasteiger partial charge in [-0.3, -0.25) is 4.90 Å². The summed E-state index contributed by atoms with van der Waals surface area (Å²) in [4.78, 5) is 2.16. The fourth-order valence-corrected chi connectivity index (χ4v) is 2.97. The van der Waals surface area contributed by atoms with Gasteiger partial charge in [-0.15, -0.1) is 0 Å². The predicted octanol–water partition coefficient (Wildman–Crippen LogP) is 2.33. The van der Waals surface area contributed by atoms with Crippen LogP contribution in [0.4, 0.5) is 8.78 Å². The number of nitrogens with zero attached hydrogens (tertiary/aromatic N) is 3. The summed E-state index contributed by atoms with van der Waals surface area (Å²) in [7, 11) is 0. The average Bonchev–Trinajstić information content (AvgIpc) is 2.98. The SMILES string of the molecule is Cc1nn(-c2ccc(F)cc2F)c(C)c1CN1CC[C@@H](O)C1. The van der Waals surface area contributed by atoms with Crippen molar-refractivity contribution in [3.8, 4) is 5.69 Å². The predicted molar refractivity (Wildman–Crippen MR) is 78.9 cm³/mol. The van der Waals surface area contributed by atoms with Crippen molar-refractivity contribution in [3.63, 3.8) is 0 Å². The van der Waals surface area contributed by atoms with Crippen molar-refractivity contribution in [3.05, 3.63) is 46.8 Å². The number of hydrogen-bond acceptors (Lipinski definition) is 3. The molecule has 1 aliphatic heterocycles. The van der Waals surface area contributed by atoms with Crippen LogP contribution in [-0.2, 0) is 6.54 Å². The highest BCUT2D eigenvalue weighted by atomic mass is 19.1. The molecule has 0 spiro atoms. The number of halogens is 2. The second-order valence-electron chi connectivity index (χ2n) is 5.83. The molecular formula is C16H19F2N3O. The van der Waals surface area contributed by atoms with Gasteiger partial charge in [-0.2, -0.15) is 5.10 Å². The minimum Gasteiger partial charge on any atom is -0.392 e. The number of aliphatic hydroxyl groups is 1. The van der Waals surface area contributed by atoms with Gasteiger partial charge >= 0.3 is 0 Å². The lowest BCUT2D eigenvalue weighted by Gasteiger charge is -2.15. The van der Waals surface area contributed by atoms with Crippen molar-refractivity contribution in [2.75, 3.05) is 13.1 Å². The zero-order chi connectivity index (χ0) is 15.9. The quantitative estimate of drug-likeness (QED) is 0.946. The molecule has 4 nitrogen and oxygen atoms in total. The van der Waals surface area contributed by atoms with Crippen LogP contribution in [0.5, 0.6) is 0 Å². The van der Waals surface area contributed by atoms with Crippen LogP contribution in [0.1, 0.15) is 23.4 Å². The molecule has 118 valence electrons. The third-order valence-corrected chi connectivity index (χ3v) is 4.21. The maximum absolute atomic E-state index is 14.0. The number of likely N-dealkylation sites (tertiary alicyclic amines) is 1. The minimum absolute atomic E-state index is 0.245. The lowest BCUT2D eigenvalue weighted by atomic mass is 10.2. The van der Waals surface area contributed by atoms with Crippen LogP contribution in [0.2, 0.25) is 0 Å². The van der Waals surface area contributed by atoms with Gasteiger partial charge in [0, 0.05) is 37.0 Å². The van der Waals surface area contributed by atoms with E-state index in [0.717, 1.165) is 36.0 Å². The van der Waals surface area contributed by atoms with Crippen LogP contribution in [0.15, 0.2) is 18.2 Å². The molecule has 0 radical (unpaired) electrons. The normalized spacial score (nSPS) is 19.0. The van der Waals surface area contributed by atoms with E-state index in [1.54, 1.807) is 0 Å². The van der Waals surface area contributed by atoms with E-state index < -0.39 is 11.6 Å². The van der Waals surface area contributed by atoms with Crippen LogP contribution in [0.3, 0.4) is 0 Å². The maximum Gasteiger partial charge on any atom is 0.151 e. The van der Waals surface area contributed by atoms with Crippen molar-refractivity contribution in [1.82, 2.24) is 14.7 Å². The number of aryl methyl sites for hydroxylation is 1. The second kappa shape index (κ2) is 5.78. The van der Waals surface area contributed by atoms with E-state index in [4.69, 9.17) is 0 Å². The number of aliphatic hydroxyl groups excluding tert-OH is 1. The Morgan fingerprint density at radius 2 is 2.09 bits per heavy atom. The number of β-amino-alcohol motifs (C(OH)–C–C–N with tert-alkyl or cyclic N) is 1. The maximum atomic E-state index is 14.0. The first-order valence-electron chi connectivity index (χ1n) is 7.36. The van der Waals surface area contributed by atoms with Crippen LogP contribution < -0.4 is 0 Å². The molecule has 1 atom stereocenters. The molecular weight excluding hydrogens is 288 g/mol. The topological polar surface area (TPSA) is 41.3 Å². The summed E-state index contributed by atoms with van der Waals surface area (Å²) in [6.07, 6.45) is 0.504. The molecule has 1 aromatic heterocycles. The Labute approximate surface area is 128 Å². The van der Waals surface area contributed by atoms with Crippen LogP contribution in [0, 0.1) is 25.5 Å². The van der Waals surface area contributed by atoms with Gasteiger partial charge in [0.1, 0.15) is 11.5 Å². The molecule has 1 aromatic carbocycles. The van der Waals surface area contributed by atoms with Crippen LogP contribution in [0.25, 0.3) is 5.69 Å². The highest BCUT2D eigenvalue weighted by Gasteiger charge is 2.23. The van der Waals surface area contributed by atoms with Crippen molar-refractivity contribution in [2.45, 2.75) is 32.9 Å². The summed E-state index contributed by atoms with van der Waals surface area (Å²) in [5, 5.41) is 14.0.